The molecule has 1 rings (SSSR count). The third kappa shape index (κ3) is 4.92. The van der Waals surface area contributed by atoms with Crippen molar-refractivity contribution in [2.24, 2.45) is 0 Å². The largest absolute Gasteiger partial charge is 0.396 e. The molecular weight excluding hydrogens is 250 g/mol. The van der Waals surface area contributed by atoms with E-state index in [1.165, 1.54) is 18.2 Å². The molecule has 1 aromatic rings. The molecule has 0 aliphatic carbocycles. The number of urea groups is 1. The highest BCUT2D eigenvalue weighted by atomic mass is 16.6. The average molecular weight is 267 g/mol. The third-order valence-electron chi connectivity index (χ3n) is 2.62. The van der Waals surface area contributed by atoms with E-state index in [-0.39, 0.29) is 18.3 Å². The van der Waals surface area contributed by atoms with Crippen LogP contribution in [-0.4, -0.2) is 28.7 Å². The summed E-state index contributed by atoms with van der Waals surface area (Å²) in [6, 6.07) is 5.14. The molecule has 0 radical (unpaired) electrons. The Morgan fingerprint density at radius 1 is 1.53 bits per heavy atom. The number of non-ortho nitro benzene ring substituents is 1. The molecule has 0 aliphatic rings. The number of carbonyl (C=O) groups excluding carboxylic acids is 1. The Bertz CT molecular complexity index is 450. The van der Waals surface area contributed by atoms with Crippen molar-refractivity contribution in [1.82, 2.24) is 5.32 Å². The third-order valence-corrected chi connectivity index (χ3v) is 2.62. The number of nitrogens with zero attached hydrogens (tertiary/aromatic N) is 1. The number of aliphatic hydroxyl groups is 1. The first kappa shape index (κ1) is 14.9. The standard InChI is InChI=1S/C12H17N3O4/c1-2-9(6-7-16)13-12(17)14-10-4-3-5-11(8-10)15(18)19/h3-5,8-9,16H,2,6-7H2,1H3,(H2,13,14,17). The highest BCUT2D eigenvalue weighted by Crippen LogP contribution is 2.16. The van der Waals surface area contributed by atoms with Crippen LogP contribution in [0.5, 0.6) is 0 Å². The summed E-state index contributed by atoms with van der Waals surface area (Å²) >= 11 is 0. The van der Waals surface area contributed by atoms with Crippen LogP contribution in [0.4, 0.5) is 16.2 Å². The molecule has 2 amide bonds. The SMILES string of the molecule is CCC(CCO)NC(=O)Nc1cccc([N+](=O)[O-])c1. The van der Waals surface area contributed by atoms with E-state index in [0.29, 0.717) is 18.5 Å². The number of amides is 2. The van der Waals surface area contributed by atoms with Crippen molar-refractivity contribution in [2.75, 3.05) is 11.9 Å². The predicted molar refractivity (Wildman–Crippen MR) is 71.0 cm³/mol. The summed E-state index contributed by atoms with van der Waals surface area (Å²) in [6.07, 6.45) is 1.17. The van der Waals surface area contributed by atoms with Crippen LogP contribution >= 0.6 is 0 Å². The van der Waals surface area contributed by atoms with Gasteiger partial charge in [-0.1, -0.05) is 13.0 Å². The molecule has 104 valence electrons. The number of anilines is 1. The first-order valence-corrected chi connectivity index (χ1v) is 5.99. The van der Waals surface area contributed by atoms with Crippen LogP contribution in [0.1, 0.15) is 19.8 Å². The molecule has 0 aromatic heterocycles. The van der Waals surface area contributed by atoms with Crippen molar-refractivity contribution in [2.45, 2.75) is 25.8 Å². The number of hydrogen-bond donors (Lipinski definition) is 3. The monoisotopic (exact) mass is 267 g/mol. The van der Waals surface area contributed by atoms with Gasteiger partial charge in [0.25, 0.3) is 5.69 Å². The molecule has 7 heteroatoms. The van der Waals surface area contributed by atoms with Gasteiger partial charge >= 0.3 is 6.03 Å². The lowest BCUT2D eigenvalue weighted by Crippen LogP contribution is -2.38. The molecule has 0 fully saturated rings. The maximum atomic E-state index is 11.7. The molecule has 3 N–H and O–H groups in total. The van der Waals surface area contributed by atoms with Crippen molar-refractivity contribution >= 4 is 17.4 Å². The Kier molecular flexibility index (Phi) is 5.74. The molecule has 0 spiro atoms. The Balaban J connectivity index is 2.61. The van der Waals surface area contributed by atoms with Gasteiger partial charge in [-0.15, -0.1) is 0 Å². The molecule has 7 nitrogen and oxygen atoms in total. The predicted octanol–water partition coefficient (Wildman–Crippen LogP) is 1.88. The molecule has 0 bridgehead atoms. The average Bonchev–Trinajstić information content (AvgIpc) is 2.38. The maximum absolute atomic E-state index is 11.7. The number of carbonyl (C=O) groups is 1. The number of hydrogen-bond acceptors (Lipinski definition) is 4. The number of nitro groups is 1. The molecule has 0 saturated carbocycles. The Morgan fingerprint density at radius 2 is 2.26 bits per heavy atom. The summed E-state index contributed by atoms with van der Waals surface area (Å²) in [5.41, 5.74) is 0.269. The second-order valence-electron chi connectivity index (χ2n) is 4.02. The molecule has 1 atom stereocenters. The van der Waals surface area contributed by atoms with E-state index < -0.39 is 11.0 Å². The van der Waals surface area contributed by atoms with Crippen molar-refractivity contribution in [3.05, 3.63) is 34.4 Å². The van der Waals surface area contributed by atoms with Gasteiger partial charge in [0.15, 0.2) is 0 Å². The van der Waals surface area contributed by atoms with E-state index in [1.807, 2.05) is 6.92 Å². The minimum absolute atomic E-state index is 0.00437. The number of rotatable bonds is 6. The van der Waals surface area contributed by atoms with Crippen LogP contribution in [0.15, 0.2) is 24.3 Å². The van der Waals surface area contributed by atoms with E-state index in [0.717, 1.165) is 0 Å². The van der Waals surface area contributed by atoms with Gasteiger partial charge in [0.2, 0.25) is 0 Å². The lowest BCUT2D eigenvalue weighted by Gasteiger charge is -2.16. The zero-order valence-corrected chi connectivity index (χ0v) is 10.6. The summed E-state index contributed by atoms with van der Waals surface area (Å²) < 4.78 is 0. The number of nitro benzene ring substituents is 1. The number of aliphatic hydroxyl groups excluding tert-OH is 1. The van der Waals surface area contributed by atoms with Gasteiger partial charge in [-0.25, -0.2) is 4.79 Å². The van der Waals surface area contributed by atoms with Crippen molar-refractivity contribution < 1.29 is 14.8 Å². The molecule has 19 heavy (non-hydrogen) atoms. The van der Waals surface area contributed by atoms with Crippen molar-refractivity contribution in [1.29, 1.82) is 0 Å². The number of nitrogens with one attached hydrogen (secondary N) is 2. The summed E-state index contributed by atoms with van der Waals surface area (Å²) in [5, 5.41) is 24.6. The van der Waals surface area contributed by atoms with Gasteiger partial charge in [-0.05, 0) is 18.9 Å². The molecular formula is C12H17N3O4. The smallest absolute Gasteiger partial charge is 0.319 e. The zero-order valence-electron chi connectivity index (χ0n) is 10.6. The normalized spacial score (nSPS) is 11.7. The van der Waals surface area contributed by atoms with Crippen LogP contribution in [0.3, 0.4) is 0 Å². The first-order valence-electron chi connectivity index (χ1n) is 5.99. The Labute approximate surface area is 110 Å². The fourth-order valence-corrected chi connectivity index (χ4v) is 1.58. The van der Waals surface area contributed by atoms with Gasteiger partial charge in [0.1, 0.15) is 0 Å². The van der Waals surface area contributed by atoms with Gasteiger partial charge in [-0.3, -0.25) is 10.1 Å². The zero-order chi connectivity index (χ0) is 14.3. The molecule has 1 aromatic carbocycles. The maximum Gasteiger partial charge on any atom is 0.319 e. The van der Waals surface area contributed by atoms with Crippen LogP contribution in [0, 0.1) is 10.1 Å². The lowest BCUT2D eigenvalue weighted by atomic mass is 10.2. The summed E-state index contributed by atoms with van der Waals surface area (Å²) in [6.45, 7) is 1.89. The van der Waals surface area contributed by atoms with Crippen molar-refractivity contribution in [3.8, 4) is 0 Å². The summed E-state index contributed by atoms with van der Waals surface area (Å²) in [5.74, 6) is 0. The highest BCUT2D eigenvalue weighted by Gasteiger charge is 2.11. The topological polar surface area (TPSA) is 104 Å². The van der Waals surface area contributed by atoms with E-state index in [4.69, 9.17) is 5.11 Å². The quantitative estimate of drug-likeness (QED) is 0.540. The fourth-order valence-electron chi connectivity index (χ4n) is 1.58. The highest BCUT2D eigenvalue weighted by molar-refractivity contribution is 5.89. The number of benzene rings is 1. The molecule has 0 heterocycles. The minimum Gasteiger partial charge on any atom is -0.396 e. The second-order valence-corrected chi connectivity index (χ2v) is 4.02. The Morgan fingerprint density at radius 3 is 2.84 bits per heavy atom. The van der Waals surface area contributed by atoms with Gasteiger partial charge in [-0.2, -0.15) is 0 Å². The molecule has 1 unspecified atom stereocenters. The molecule has 0 aliphatic heterocycles. The Hall–Kier alpha value is -2.15. The van der Waals surface area contributed by atoms with E-state index >= 15 is 0 Å². The van der Waals surface area contributed by atoms with Gasteiger partial charge in [0.05, 0.1) is 4.92 Å². The van der Waals surface area contributed by atoms with Crippen LogP contribution in [0.25, 0.3) is 0 Å². The van der Waals surface area contributed by atoms with Crippen LogP contribution in [-0.2, 0) is 0 Å². The van der Waals surface area contributed by atoms with Gasteiger partial charge < -0.3 is 15.7 Å². The van der Waals surface area contributed by atoms with Gasteiger partial charge in [0, 0.05) is 30.5 Å². The van der Waals surface area contributed by atoms with Crippen LogP contribution in [0.2, 0.25) is 0 Å². The van der Waals surface area contributed by atoms with E-state index in [9.17, 15) is 14.9 Å². The lowest BCUT2D eigenvalue weighted by molar-refractivity contribution is -0.384. The molecule has 0 saturated heterocycles. The summed E-state index contributed by atoms with van der Waals surface area (Å²) in [4.78, 5) is 21.7. The summed E-state index contributed by atoms with van der Waals surface area (Å²) in [7, 11) is 0. The van der Waals surface area contributed by atoms with Crippen LogP contribution < -0.4 is 10.6 Å². The second kappa shape index (κ2) is 7.32. The fraction of sp³-hybridized carbons (Fsp3) is 0.417. The minimum atomic E-state index is -0.524. The van der Waals surface area contributed by atoms with Crippen molar-refractivity contribution in [3.63, 3.8) is 0 Å². The van der Waals surface area contributed by atoms with E-state index in [1.54, 1.807) is 6.07 Å². The first-order chi connectivity index (χ1) is 9.06. The van der Waals surface area contributed by atoms with E-state index in [2.05, 4.69) is 10.6 Å².